The van der Waals surface area contributed by atoms with Crippen LogP contribution in [-0.2, 0) is 0 Å². The van der Waals surface area contributed by atoms with Gasteiger partial charge in [-0.3, -0.25) is 4.79 Å². The van der Waals surface area contributed by atoms with E-state index < -0.39 is 0 Å². The molecule has 3 nitrogen and oxygen atoms in total. The van der Waals surface area contributed by atoms with Crippen molar-refractivity contribution < 1.29 is 14.3 Å². The van der Waals surface area contributed by atoms with Crippen LogP contribution in [0.15, 0.2) is 12.1 Å². The molecular weight excluding hydrogens is 245 g/mol. The van der Waals surface area contributed by atoms with Gasteiger partial charge in [-0.1, -0.05) is 0 Å². The zero-order chi connectivity index (χ0) is 14.2. The van der Waals surface area contributed by atoms with Gasteiger partial charge in [0.2, 0.25) is 0 Å². The summed E-state index contributed by atoms with van der Waals surface area (Å²) in [6.07, 6.45) is 0.540. The molecule has 0 bridgehead atoms. The zero-order valence-electron chi connectivity index (χ0n) is 11.6. The number of rotatable bonds is 3. The van der Waals surface area contributed by atoms with E-state index in [1.807, 2.05) is 0 Å². The molecule has 0 aliphatic carbocycles. The van der Waals surface area contributed by atoms with Crippen LogP contribution in [0.1, 0.15) is 36.2 Å². The van der Waals surface area contributed by atoms with Crippen LogP contribution in [0.3, 0.4) is 0 Å². The first-order chi connectivity index (χ1) is 8.90. The van der Waals surface area contributed by atoms with Crippen molar-refractivity contribution in [2.75, 3.05) is 18.0 Å². The molecule has 19 heavy (non-hydrogen) atoms. The molecule has 1 aliphatic heterocycles. The van der Waals surface area contributed by atoms with Crippen molar-refractivity contribution in [3.8, 4) is 0 Å². The number of halogens is 1. The van der Waals surface area contributed by atoms with E-state index >= 15 is 0 Å². The Morgan fingerprint density at radius 3 is 2.74 bits per heavy atom. The number of carbonyl (C=O) groups is 1. The monoisotopic (exact) mass is 265 g/mol. The van der Waals surface area contributed by atoms with Crippen LogP contribution in [-0.4, -0.2) is 30.1 Å². The number of hydrogen-bond acceptors (Lipinski definition) is 3. The molecule has 4 heteroatoms. The maximum atomic E-state index is 13.6. The third kappa shape index (κ3) is 2.78. The lowest BCUT2D eigenvalue weighted by atomic mass is 10.0. The van der Waals surface area contributed by atoms with Crippen LogP contribution in [0.5, 0.6) is 0 Å². The van der Waals surface area contributed by atoms with Gasteiger partial charge in [-0.25, -0.2) is 4.39 Å². The van der Waals surface area contributed by atoms with E-state index in [4.69, 9.17) is 0 Å². The van der Waals surface area contributed by atoms with Gasteiger partial charge in [0.25, 0.3) is 0 Å². The lowest BCUT2D eigenvalue weighted by Crippen LogP contribution is -2.25. The fourth-order valence-electron chi connectivity index (χ4n) is 2.61. The van der Waals surface area contributed by atoms with Crippen molar-refractivity contribution in [3.63, 3.8) is 0 Å². The molecule has 0 radical (unpaired) electrons. The van der Waals surface area contributed by atoms with E-state index in [0.29, 0.717) is 17.7 Å². The van der Waals surface area contributed by atoms with Gasteiger partial charge >= 0.3 is 0 Å². The lowest BCUT2D eigenvalue weighted by Gasteiger charge is -2.22. The second-order valence-corrected chi connectivity index (χ2v) is 5.41. The largest absolute Gasteiger partial charge is 0.393 e. The molecular formula is C15H20FNO2. The van der Waals surface area contributed by atoms with Crippen molar-refractivity contribution >= 4 is 11.5 Å². The Kier molecular flexibility index (Phi) is 3.90. The van der Waals surface area contributed by atoms with Crippen LogP contribution in [0, 0.1) is 18.7 Å². The molecule has 104 valence electrons. The minimum Gasteiger partial charge on any atom is -0.393 e. The van der Waals surface area contributed by atoms with Gasteiger partial charge in [0, 0.05) is 30.3 Å². The molecule has 1 aliphatic rings. The first-order valence-electron chi connectivity index (χ1n) is 6.64. The van der Waals surface area contributed by atoms with E-state index in [0.717, 1.165) is 18.7 Å². The predicted octanol–water partition coefficient (Wildman–Crippen LogP) is 2.54. The molecule has 2 atom stereocenters. The molecule has 1 N–H and O–H groups in total. The maximum Gasteiger partial charge on any atom is 0.161 e. The molecule has 1 fully saturated rings. The predicted molar refractivity (Wildman–Crippen MR) is 73.1 cm³/mol. The van der Waals surface area contributed by atoms with Crippen LogP contribution >= 0.6 is 0 Å². The standard InChI is InChI=1S/C15H20FNO2/c1-9-6-15(13(11(3)19)7-14(9)16)17-5-4-12(8-17)10(2)18/h6-7,10,12,18H,4-5,8H2,1-3H3. The van der Waals surface area contributed by atoms with Crippen LogP contribution in [0.4, 0.5) is 10.1 Å². The number of benzene rings is 1. The number of anilines is 1. The zero-order valence-corrected chi connectivity index (χ0v) is 11.6. The lowest BCUT2D eigenvalue weighted by molar-refractivity contribution is 0.101. The highest BCUT2D eigenvalue weighted by Gasteiger charge is 2.28. The van der Waals surface area contributed by atoms with Gasteiger partial charge in [0.05, 0.1) is 6.10 Å². The molecule has 0 amide bonds. The Labute approximate surface area is 113 Å². The second kappa shape index (κ2) is 5.29. The number of hydrogen-bond donors (Lipinski definition) is 1. The SMILES string of the molecule is CC(=O)c1cc(F)c(C)cc1N1CCC(C(C)O)C1. The highest BCUT2D eigenvalue weighted by molar-refractivity contribution is 6.00. The third-order valence-electron chi connectivity index (χ3n) is 3.90. The van der Waals surface area contributed by atoms with Crippen molar-refractivity contribution in [3.05, 3.63) is 29.1 Å². The van der Waals surface area contributed by atoms with Crippen molar-refractivity contribution in [2.24, 2.45) is 5.92 Å². The summed E-state index contributed by atoms with van der Waals surface area (Å²) in [5.41, 5.74) is 1.75. The minimum absolute atomic E-state index is 0.130. The maximum absolute atomic E-state index is 13.6. The molecule has 0 aromatic heterocycles. The Balaban J connectivity index is 2.34. The normalized spacial score (nSPS) is 20.7. The molecule has 2 unspecified atom stereocenters. The minimum atomic E-state index is -0.354. The molecule has 1 saturated heterocycles. The summed E-state index contributed by atoms with van der Waals surface area (Å²) in [6.45, 7) is 6.45. The van der Waals surface area contributed by atoms with Gasteiger partial charge in [0.15, 0.2) is 5.78 Å². The number of nitrogens with zero attached hydrogens (tertiary/aromatic N) is 1. The smallest absolute Gasteiger partial charge is 0.161 e. The van der Waals surface area contributed by atoms with E-state index in [1.54, 1.807) is 19.9 Å². The van der Waals surface area contributed by atoms with Gasteiger partial charge in [0.1, 0.15) is 5.82 Å². The summed E-state index contributed by atoms with van der Waals surface area (Å²) in [5.74, 6) is -0.264. The second-order valence-electron chi connectivity index (χ2n) is 5.41. The van der Waals surface area contributed by atoms with Gasteiger partial charge < -0.3 is 10.0 Å². The fourth-order valence-corrected chi connectivity index (χ4v) is 2.61. The Hall–Kier alpha value is -1.42. The summed E-state index contributed by atoms with van der Waals surface area (Å²) in [4.78, 5) is 13.7. The third-order valence-corrected chi connectivity index (χ3v) is 3.90. The quantitative estimate of drug-likeness (QED) is 0.854. The van der Waals surface area contributed by atoms with Crippen molar-refractivity contribution in [1.29, 1.82) is 0 Å². The van der Waals surface area contributed by atoms with Crippen LogP contribution < -0.4 is 4.90 Å². The average molecular weight is 265 g/mol. The summed E-state index contributed by atoms with van der Waals surface area (Å²) in [5, 5.41) is 9.64. The van der Waals surface area contributed by atoms with Gasteiger partial charge in [-0.05, 0) is 44.9 Å². The molecule has 0 spiro atoms. The Morgan fingerprint density at radius 1 is 1.53 bits per heavy atom. The molecule has 0 saturated carbocycles. The van der Waals surface area contributed by atoms with E-state index in [-0.39, 0.29) is 23.6 Å². The summed E-state index contributed by atoms with van der Waals surface area (Å²) in [7, 11) is 0. The van der Waals surface area contributed by atoms with Gasteiger partial charge in [-0.15, -0.1) is 0 Å². The van der Waals surface area contributed by atoms with E-state index in [1.165, 1.54) is 13.0 Å². The van der Waals surface area contributed by atoms with Crippen molar-refractivity contribution in [1.82, 2.24) is 0 Å². The van der Waals surface area contributed by atoms with E-state index in [2.05, 4.69) is 4.90 Å². The Morgan fingerprint density at radius 2 is 2.21 bits per heavy atom. The van der Waals surface area contributed by atoms with Crippen LogP contribution in [0.25, 0.3) is 0 Å². The summed E-state index contributed by atoms with van der Waals surface area (Å²) >= 11 is 0. The molecule has 1 aromatic rings. The summed E-state index contributed by atoms with van der Waals surface area (Å²) in [6, 6.07) is 3.05. The number of Topliss-reactive ketones (excluding diaryl/α,β-unsaturated/α-hetero) is 1. The topological polar surface area (TPSA) is 40.5 Å². The number of carbonyl (C=O) groups excluding carboxylic acids is 1. The number of aryl methyl sites for hydroxylation is 1. The fraction of sp³-hybridized carbons (Fsp3) is 0.533. The molecule has 1 aromatic carbocycles. The Bertz CT molecular complexity index is 499. The first kappa shape index (κ1) is 14.0. The molecule has 1 heterocycles. The van der Waals surface area contributed by atoms with E-state index in [9.17, 15) is 14.3 Å². The molecule has 2 rings (SSSR count). The highest BCUT2D eigenvalue weighted by Crippen LogP contribution is 2.30. The number of aliphatic hydroxyl groups is 1. The summed E-state index contributed by atoms with van der Waals surface area (Å²) < 4.78 is 13.6. The first-order valence-corrected chi connectivity index (χ1v) is 6.64. The number of ketones is 1. The number of aliphatic hydroxyl groups excluding tert-OH is 1. The average Bonchev–Trinajstić information content (AvgIpc) is 2.81. The highest BCUT2D eigenvalue weighted by atomic mass is 19.1. The van der Waals surface area contributed by atoms with Gasteiger partial charge in [-0.2, -0.15) is 0 Å². The van der Waals surface area contributed by atoms with Crippen molar-refractivity contribution in [2.45, 2.75) is 33.3 Å². The van der Waals surface area contributed by atoms with Crippen LogP contribution in [0.2, 0.25) is 0 Å².